The minimum absolute atomic E-state index is 0.460. The third-order valence-electron chi connectivity index (χ3n) is 5.66. The molecule has 0 amide bonds. The molecular weight excluding hydrogens is 715 g/mol. The summed E-state index contributed by atoms with van der Waals surface area (Å²) in [5.41, 5.74) is -3.19. The monoisotopic (exact) mass is 732 g/mol. The van der Waals surface area contributed by atoms with E-state index in [-0.39, 0.29) is 0 Å². The number of rotatable bonds is 8. The van der Waals surface area contributed by atoms with Crippen molar-refractivity contribution in [2.24, 2.45) is 20.5 Å². The van der Waals surface area contributed by atoms with Crippen LogP contribution in [-0.4, -0.2) is 71.5 Å². The van der Waals surface area contributed by atoms with Gasteiger partial charge in [0.2, 0.25) is 0 Å². The SMILES string of the molecule is O=S(=O)(O)c1ccccc1N=Nc1c(S(=O)(=O)O)cc2cc(S(=O)(=O)O)c(N=Nc3ccccc3[As](=O)(O)O)c(O)c2c1O. The van der Waals surface area contributed by atoms with Crippen molar-refractivity contribution in [3.05, 3.63) is 60.7 Å². The van der Waals surface area contributed by atoms with Crippen molar-refractivity contribution in [3.8, 4) is 11.5 Å². The van der Waals surface area contributed by atoms with Gasteiger partial charge in [0.05, 0.1) is 0 Å². The van der Waals surface area contributed by atoms with E-state index < -0.39 is 109 Å². The zero-order chi connectivity index (χ0) is 32.8. The van der Waals surface area contributed by atoms with Crippen LogP contribution < -0.4 is 4.35 Å². The molecule has 0 radical (unpaired) electrons. The summed E-state index contributed by atoms with van der Waals surface area (Å²) in [7, 11) is -15.5. The first-order valence-corrected chi connectivity index (χ1v) is 19.0. The number of phenolic OH excluding ortho intramolecular Hbond substituents is 2. The van der Waals surface area contributed by atoms with E-state index in [2.05, 4.69) is 20.5 Å². The third kappa shape index (κ3) is 6.70. The van der Waals surface area contributed by atoms with Crippen molar-refractivity contribution in [2.45, 2.75) is 14.7 Å². The van der Waals surface area contributed by atoms with Gasteiger partial charge in [0.25, 0.3) is 10.1 Å². The predicted molar refractivity (Wildman–Crippen MR) is 148 cm³/mol. The average molecular weight is 733 g/mol. The third-order valence-corrected chi connectivity index (χ3v) is 10.4. The first-order valence-electron chi connectivity index (χ1n) is 11.3. The van der Waals surface area contributed by atoms with E-state index in [1.807, 2.05) is 0 Å². The molecule has 0 atom stereocenters. The number of aromatic hydroxyl groups is 2. The summed E-state index contributed by atoms with van der Waals surface area (Å²) in [5, 5.41) is 34.7. The second kappa shape index (κ2) is 11.5. The average Bonchev–Trinajstić information content (AvgIpc) is 2.89. The Morgan fingerprint density at radius 2 is 0.977 bits per heavy atom. The van der Waals surface area contributed by atoms with E-state index in [4.69, 9.17) is 0 Å². The van der Waals surface area contributed by atoms with Gasteiger partial charge in [-0.1, -0.05) is 12.1 Å². The predicted octanol–water partition coefficient (Wildman–Crippen LogP) is 2.38. The van der Waals surface area contributed by atoms with E-state index >= 15 is 0 Å². The fraction of sp³-hybridized carbons (Fsp3) is 0. The fourth-order valence-corrected chi connectivity index (χ4v) is 7.21. The summed E-state index contributed by atoms with van der Waals surface area (Å²) in [5.74, 6) is -2.55. The topological polar surface area (TPSA) is 311 Å². The second-order valence-corrected chi connectivity index (χ2v) is 16.0. The number of hydrogen-bond acceptors (Lipinski definition) is 13. The Bertz CT molecular complexity index is 2280. The zero-order valence-electron chi connectivity index (χ0n) is 21.2. The van der Waals surface area contributed by atoms with Crippen LogP contribution in [0, 0.1) is 0 Å². The van der Waals surface area contributed by atoms with E-state index in [9.17, 15) is 61.1 Å². The van der Waals surface area contributed by atoms with Crippen LogP contribution in [0.2, 0.25) is 0 Å². The molecule has 18 nitrogen and oxygen atoms in total. The normalized spacial score (nSPS) is 13.3. The molecule has 0 heterocycles. The van der Waals surface area contributed by atoms with Crippen LogP contribution in [0.25, 0.3) is 10.8 Å². The Balaban J connectivity index is 2.06. The molecule has 22 heteroatoms. The van der Waals surface area contributed by atoms with Crippen LogP contribution >= 0.6 is 0 Å². The standard InChI is InChI=1S/C22H17AsN4O14S3/c28-21-18-11(9-16(43(36,37)38)19(21)26-24-13-6-2-1-5-12(13)23(30,31)32)10-17(44(39,40)41)20(22(18)29)27-25-14-7-3-4-8-15(14)42(33,34)35/h1-10,28-29H,(H2,30,31,32)(H,33,34,35)(H,36,37,38)(H,39,40,41). The molecule has 0 saturated heterocycles. The van der Waals surface area contributed by atoms with E-state index in [0.29, 0.717) is 12.1 Å². The fourth-order valence-electron chi connectivity index (χ4n) is 3.81. The van der Waals surface area contributed by atoms with Gasteiger partial charge in [0.1, 0.15) is 4.90 Å². The van der Waals surface area contributed by atoms with Gasteiger partial charge in [-0.05, 0) is 12.1 Å². The van der Waals surface area contributed by atoms with Crippen molar-refractivity contribution < 1.29 is 61.1 Å². The van der Waals surface area contributed by atoms with Crippen LogP contribution in [0.15, 0.2) is 95.8 Å². The molecule has 0 aliphatic rings. The summed E-state index contributed by atoms with van der Waals surface area (Å²) in [6, 6.07) is 10.1. The molecule has 4 aromatic carbocycles. The first-order chi connectivity index (χ1) is 20.2. The molecule has 0 aromatic heterocycles. The van der Waals surface area contributed by atoms with E-state index in [0.717, 1.165) is 24.3 Å². The Kier molecular flexibility index (Phi) is 8.56. The molecular formula is C22H17AsN4O14S3. The Morgan fingerprint density at radius 3 is 1.43 bits per heavy atom. The molecule has 7 N–H and O–H groups in total. The van der Waals surface area contributed by atoms with Crippen LogP contribution in [0.3, 0.4) is 0 Å². The van der Waals surface area contributed by atoms with Crippen molar-refractivity contribution in [3.63, 3.8) is 0 Å². The molecule has 0 fully saturated rings. The molecule has 0 saturated carbocycles. The number of azo groups is 2. The summed E-state index contributed by atoms with van der Waals surface area (Å²) >= 11 is -5.62. The molecule has 0 bridgehead atoms. The Morgan fingerprint density at radius 1 is 0.568 bits per heavy atom. The Labute approximate surface area is 249 Å². The van der Waals surface area contributed by atoms with Gasteiger partial charge in [-0.15, -0.1) is 0 Å². The minimum atomic E-state index is -5.62. The number of benzene rings is 4. The van der Waals surface area contributed by atoms with Crippen LogP contribution in [0.1, 0.15) is 0 Å². The van der Waals surface area contributed by atoms with Crippen LogP contribution in [-0.2, 0) is 34.1 Å². The van der Waals surface area contributed by atoms with E-state index in [1.54, 1.807) is 0 Å². The molecule has 0 aliphatic carbocycles. The summed E-state index contributed by atoms with van der Waals surface area (Å²) in [4.78, 5) is -3.21. The van der Waals surface area contributed by atoms with Gasteiger partial charge in [0, 0.05) is 0 Å². The molecule has 232 valence electrons. The maximum atomic E-state index is 12.2. The number of fused-ring (bicyclic) bond motifs is 1. The zero-order valence-corrected chi connectivity index (χ0v) is 25.5. The van der Waals surface area contributed by atoms with Gasteiger partial charge in [-0.25, -0.2) is 0 Å². The number of hydrogen-bond donors (Lipinski definition) is 7. The van der Waals surface area contributed by atoms with Crippen molar-refractivity contribution in [1.82, 2.24) is 0 Å². The van der Waals surface area contributed by atoms with Gasteiger partial charge >= 0.3 is 199 Å². The first kappa shape index (κ1) is 32.9. The second-order valence-electron chi connectivity index (χ2n) is 8.57. The molecule has 44 heavy (non-hydrogen) atoms. The molecule has 4 aromatic rings. The summed E-state index contributed by atoms with van der Waals surface area (Å²) in [6.45, 7) is 0. The van der Waals surface area contributed by atoms with Crippen LogP contribution in [0.5, 0.6) is 11.5 Å². The van der Waals surface area contributed by atoms with Crippen molar-refractivity contribution in [2.75, 3.05) is 0 Å². The van der Waals surface area contributed by atoms with Gasteiger partial charge in [-0.3, -0.25) is 4.55 Å². The van der Waals surface area contributed by atoms with E-state index in [1.165, 1.54) is 24.3 Å². The maximum absolute atomic E-state index is 12.2. The quantitative estimate of drug-likeness (QED) is 0.0777. The molecule has 4 rings (SSSR count). The summed E-state index contributed by atoms with van der Waals surface area (Å²) in [6.07, 6.45) is 0. The molecule has 0 aliphatic heterocycles. The van der Waals surface area contributed by atoms with Gasteiger partial charge in [0.15, 0.2) is 0 Å². The van der Waals surface area contributed by atoms with Gasteiger partial charge < -0.3 is 0 Å². The molecule has 0 unspecified atom stereocenters. The summed E-state index contributed by atoms with van der Waals surface area (Å²) < 4.78 is 132. The van der Waals surface area contributed by atoms with Crippen LogP contribution in [0.4, 0.5) is 22.7 Å². The molecule has 0 spiro atoms. The number of nitrogens with zero attached hydrogens (tertiary/aromatic N) is 4. The Hall–Kier alpha value is -4.05. The van der Waals surface area contributed by atoms with Crippen molar-refractivity contribution in [1.29, 1.82) is 0 Å². The van der Waals surface area contributed by atoms with Gasteiger partial charge in [-0.2, -0.15) is 8.42 Å². The number of phenols is 2. The van der Waals surface area contributed by atoms with Crippen molar-refractivity contribution >= 4 is 82.4 Å².